The summed E-state index contributed by atoms with van der Waals surface area (Å²) in [6.45, 7) is 4.84. The zero-order chi connectivity index (χ0) is 19.4. The minimum atomic E-state index is 0.656. The van der Waals surface area contributed by atoms with Gasteiger partial charge in [-0.2, -0.15) is 5.10 Å². The maximum absolute atomic E-state index is 5.80. The summed E-state index contributed by atoms with van der Waals surface area (Å²) < 4.78 is 12.9. The smallest absolute Gasteiger partial charge is 0.191 e. The van der Waals surface area contributed by atoms with Crippen LogP contribution in [0.1, 0.15) is 24.8 Å². The van der Waals surface area contributed by atoms with Crippen molar-refractivity contribution in [2.45, 2.75) is 25.8 Å². The Morgan fingerprint density at radius 2 is 2.21 bits per heavy atom. The average molecular weight is 386 g/mol. The van der Waals surface area contributed by atoms with Crippen LogP contribution in [0.3, 0.4) is 0 Å². The Morgan fingerprint density at radius 3 is 3.00 bits per heavy atom. The largest absolute Gasteiger partial charge is 0.381 e. The molecular formula is C20H30N6O2. The van der Waals surface area contributed by atoms with Crippen molar-refractivity contribution >= 4 is 5.96 Å². The summed E-state index contributed by atoms with van der Waals surface area (Å²) >= 11 is 0. The fraction of sp³-hybridized carbons (Fsp3) is 0.550. The lowest BCUT2D eigenvalue weighted by Gasteiger charge is -2.21. The lowest BCUT2D eigenvalue weighted by atomic mass is 10.0. The Labute approximate surface area is 166 Å². The van der Waals surface area contributed by atoms with Crippen molar-refractivity contribution in [3.8, 4) is 5.82 Å². The number of rotatable bonds is 9. The van der Waals surface area contributed by atoms with Gasteiger partial charge in [0.2, 0.25) is 0 Å². The Morgan fingerprint density at radius 1 is 1.32 bits per heavy atom. The molecule has 0 unspecified atom stereocenters. The molecule has 1 aliphatic heterocycles. The van der Waals surface area contributed by atoms with Crippen LogP contribution in [-0.2, 0) is 16.0 Å². The molecule has 0 radical (unpaired) electrons. The first kappa shape index (κ1) is 20.3. The van der Waals surface area contributed by atoms with Crippen LogP contribution in [0.2, 0.25) is 0 Å². The predicted octanol–water partition coefficient (Wildman–Crippen LogP) is 1.77. The Bertz CT molecular complexity index is 713. The maximum atomic E-state index is 5.80. The predicted molar refractivity (Wildman–Crippen MR) is 109 cm³/mol. The van der Waals surface area contributed by atoms with Gasteiger partial charge in [-0.05, 0) is 48.9 Å². The van der Waals surface area contributed by atoms with E-state index < -0.39 is 0 Å². The van der Waals surface area contributed by atoms with E-state index in [-0.39, 0.29) is 0 Å². The Balaban J connectivity index is 1.32. The van der Waals surface area contributed by atoms with E-state index in [0.29, 0.717) is 12.5 Å². The van der Waals surface area contributed by atoms with Crippen molar-refractivity contribution in [2.24, 2.45) is 10.9 Å². The minimum Gasteiger partial charge on any atom is -0.381 e. The summed E-state index contributed by atoms with van der Waals surface area (Å²) in [5.41, 5.74) is 1.11. The van der Waals surface area contributed by atoms with Crippen LogP contribution in [0.4, 0.5) is 0 Å². The van der Waals surface area contributed by atoms with E-state index in [2.05, 4.69) is 25.7 Å². The molecule has 0 bridgehead atoms. The van der Waals surface area contributed by atoms with Crippen molar-refractivity contribution in [3.63, 3.8) is 0 Å². The van der Waals surface area contributed by atoms with Crippen LogP contribution in [-0.4, -0.2) is 60.7 Å². The third-order valence-electron chi connectivity index (χ3n) is 4.68. The van der Waals surface area contributed by atoms with Crippen molar-refractivity contribution in [3.05, 3.63) is 42.4 Å². The van der Waals surface area contributed by atoms with Gasteiger partial charge in [0.1, 0.15) is 0 Å². The molecule has 2 aromatic heterocycles. The number of nitrogens with zero attached hydrogens (tertiary/aromatic N) is 4. The third kappa shape index (κ3) is 6.61. The average Bonchev–Trinajstić information content (AvgIpc) is 3.29. The molecule has 0 spiro atoms. The van der Waals surface area contributed by atoms with E-state index in [0.717, 1.165) is 69.6 Å². The zero-order valence-electron chi connectivity index (χ0n) is 16.5. The van der Waals surface area contributed by atoms with Crippen molar-refractivity contribution in [1.29, 1.82) is 0 Å². The number of aromatic nitrogens is 3. The molecule has 3 heterocycles. The van der Waals surface area contributed by atoms with Gasteiger partial charge in [-0.25, -0.2) is 9.67 Å². The minimum absolute atomic E-state index is 0.656. The molecule has 2 N–H and O–H groups in total. The molecule has 8 heteroatoms. The summed E-state index contributed by atoms with van der Waals surface area (Å²) in [6, 6.07) is 5.88. The standard InChI is InChI=1S/C20H30N6O2/c1-21-20(23-7-3-11-28-16-17-5-12-27-13-6-17)24-15-18-4-9-22-19(14-18)26-10-2-8-25-26/h2,4,8-10,14,17H,3,5-7,11-13,15-16H2,1H3,(H2,21,23,24). The van der Waals surface area contributed by atoms with Crippen LogP contribution in [0.5, 0.6) is 0 Å². The monoisotopic (exact) mass is 386 g/mol. The lowest BCUT2D eigenvalue weighted by Crippen LogP contribution is -2.37. The van der Waals surface area contributed by atoms with Crippen LogP contribution >= 0.6 is 0 Å². The summed E-state index contributed by atoms with van der Waals surface area (Å²) in [5, 5.41) is 10.9. The second kappa shape index (κ2) is 11.4. The van der Waals surface area contributed by atoms with Gasteiger partial charge < -0.3 is 20.1 Å². The van der Waals surface area contributed by atoms with Crippen molar-refractivity contribution < 1.29 is 9.47 Å². The van der Waals surface area contributed by atoms with Gasteiger partial charge in [-0.15, -0.1) is 0 Å². The molecule has 0 amide bonds. The molecule has 0 aliphatic carbocycles. The molecule has 0 aromatic carbocycles. The van der Waals surface area contributed by atoms with E-state index in [9.17, 15) is 0 Å². The first-order valence-electron chi connectivity index (χ1n) is 9.90. The van der Waals surface area contributed by atoms with Crippen LogP contribution in [0.15, 0.2) is 41.8 Å². The number of hydrogen-bond acceptors (Lipinski definition) is 5. The second-order valence-electron chi connectivity index (χ2n) is 6.81. The zero-order valence-corrected chi connectivity index (χ0v) is 16.5. The highest BCUT2D eigenvalue weighted by atomic mass is 16.5. The van der Waals surface area contributed by atoms with Gasteiger partial charge in [0.25, 0.3) is 0 Å². The fourth-order valence-electron chi connectivity index (χ4n) is 3.05. The molecule has 28 heavy (non-hydrogen) atoms. The van der Waals surface area contributed by atoms with Gasteiger partial charge in [0.05, 0.1) is 0 Å². The molecule has 1 aliphatic rings. The summed E-state index contributed by atoms with van der Waals surface area (Å²) in [7, 11) is 1.78. The number of ether oxygens (including phenoxy) is 2. The fourth-order valence-corrected chi connectivity index (χ4v) is 3.05. The van der Waals surface area contributed by atoms with Gasteiger partial charge in [-0.1, -0.05) is 0 Å². The molecule has 152 valence electrons. The highest BCUT2D eigenvalue weighted by molar-refractivity contribution is 5.79. The number of pyridine rings is 1. The first-order valence-corrected chi connectivity index (χ1v) is 9.90. The molecule has 3 rings (SSSR count). The van der Waals surface area contributed by atoms with Crippen molar-refractivity contribution in [1.82, 2.24) is 25.4 Å². The number of nitrogens with one attached hydrogen (secondary N) is 2. The Kier molecular flexibility index (Phi) is 8.26. The molecule has 2 aromatic rings. The summed E-state index contributed by atoms with van der Waals surface area (Å²) in [6.07, 6.45) is 8.59. The van der Waals surface area contributed by atoms with E-state index in [1.165, 1.54) is 0 Å². The topological polar surface area (TPSA) is 85.6 Å². The highest BCUT2D eigenvalue weighted by Crippen LogP contribution is 2.14. The van der Waals surface area contributed by atoms with Gasteiger partial charge in [-0.3, -0.25) is 4.99 Å². The highest BCUT2D eigenvalue weighted by Gasteiger charge is 2.13. The molecule has 0 saturated carbocycles. The molecule has 1 fully saturated rings. The third-order valence-corrected chi connectivity index (χ3v) is 4.68. The number of aliphatic imine (C=N–C) groups is 1. The van der Waals surface area contributed by atoms with E-state index in [1.807, 2.05) is 24.4 Å². The van der Waals surface area contributed by atoms with E-state index >= 15 is 0 Å². The van der Waals surface area contributed by atoms with Crippen molar-refractivity contribution in [2.75, 3.05) is 40.0 Å². The number of hydrogen-bond donors (Lipinski definition) is 2. The maximum Gasteiger partial charge on any atom is 0.191 e. The van der Waals surface area contributed by atoms with Gasteiger partial charge in [0.15, 0.2) is 11.8 Å². The first-order chi connectivity index (χ1) is 13.8. The molecule has 1 saturated heterocycles. The number of guanidine groups is 1. The quantitative estimate of drug-likeness (QED) is 0.388. The van der Waals surface area contributed by atoms with Gasteiger partial charge in [0, 0.05) is 65.2 Å². The SMILES string of the molecule is CN=C(NCCCOCC1CCOCC1)NCc1ccnc(-n2cccn2)c1. The lowest BCUT2D eigenvalue weighted by molar-refractivity contribution is 0.0203. The van der Waals surface area contributed by atoms with Crippen LogP contribution in [0.25, 0.3) is 5.82 Å². The van der Waals surface area contributed by atoms with Crippen LogP contribution < -0.4 is 10.6 Å². The summed E-state index contributed by atoms with van der Waals surface area (Å²) in [5.74, 6) is 2.24. The molecular weight excluding hydrogens is 356 g/mol. The van der Waals surface area contributed by atoms with E-state index in [1.54, 1.807) is 24.1 Å². The van der Waals surface area contributed by atoms with Crippen LogP contribution in [0, 0.1) is 5.92 Å². The molecule has 0 atom stereocenters. The normalized spacial score (nSPS) is 15.5. The summed E-state index contributed by atoms with van der Waals surface area (Å²) in [4.78, 5) is 8.62. The molecule has 8 nitrogen and oxygen atoms in total. The Hall–Kier alpha value is -2.45. The second-order valence-corrected chi connectivity index (χ2v) is 6.81. The van der Waals surface area contributed by atoms with Gasteiger partial charge >= 0.3 is 0 Å². The van der Waals surface area contributed by atoms with E-state index in [4.69, 9.17) is 9.47 Å².